The fraction of sp³-hybridized carbons (Fsp3) is 0.533. The minimum Gasteiger partial charge on any atom is -0.481 e. The zero-order valence-corrected chi connectivity index (χ0v) is 13.4. The molecule has 0 unspecified atom stereocenters. The van der Waals surface area contributed by atoms with Crippen molar-refractivity contribution in [2.45, 2.75) is 32.2 Å². The van der Waals surface area contributed by atoms with Crippen LogP contribution in [0.2, 0.25) is 10.0 Å². The fourth-order valence-corrected chi connectivity index (χ4v) is 3.44. The molecule has 0 aromatic heterocycles. The maximum Gasteiger partial charge on any atom is 0.308 e. The molecule has 1 N–H and O–H groups in total. The van der Waals surface area contributed by atoms with Gasteiger partial charge in [0.05, 0.1) is 5.92 Å². The van der Waals surface area contributed by atoms with Gasteiger partial charge in [-0.1, -0.05) is 29.3 Å². The molecule has 1 fully saturated rings. The van der Waals surface area contributed by atoms with Crippen LogP contribution in [0.5, 0.6) is 0 Å². The van der Waals surface area contributed by atoms with Crippen LogP contribution in [0, 0.1) is 5.92 Å². The van der Waals surface area contributed by atoms with Crippen LogP contribution in [0.15, 0.2) is 18.2 Å². The van der Waals surface area contributed by atoms with Crippen molar-refractivity contribution in [3.05, 3.63) is 33.8 Å². The number of nitrogens with zero attached hydrogens (tertiary/aromatic N) is 1. The molecule has 1 heterocycles. The summed E-state index contributed by atoms with van der Waals surface area (Å²) in [5, 5.41) is 10.6. The van der Waals surface area contributed by atoms with E-state index < -0.39 is 11.9 Å². The van der Waals surface area contributed by atoms with Crippen molar-refractivity contribution < 1.29 is 9.90 Å². The second kappa shape index (κ2) is 5.55. The summed E-state index contributed by atoms with van der Waals surface area (Å²) in [5.41, 5.74) is 0.686. The molecule has 0 bridgehead atoms. The van der Waals surface area contributed by atoms with Crippen LogP contribution in [-0.4, -0.2) is 34.6 Å². The third-order valence-corrected chi connectivity index (χ3v) is 4.62. The highest BCUT2D eigenvalue weighted by molar-refractivity contribution is 6.36. The summed E-state index contributed by atoms with van der Waals surface area (Å²) in [5.74, 6) is -1.45. The summed E-state index contributed by atoms with van der Waals surface area (Å²) in [6.45, 7) is 7.43. The highest BCUT2D eigenvalue weighted by Gasteiger charge is 2.43. The van der Waals surface area contributed by atoms with E-state index in [0.29, 0.717) is 23.1 Å². The van der Waals surface area contributed by atoms with Crippen molar-refractivity contribution in [1.82, 2.24) is 4.90 Å². The molecule has 2 atom stereocenters. The predicted octanol–water partition coefficient (Wildman–Crippen LogP) is 3.89. The molecular formula is C15H19Cl2NO2. The first-order chi connectivity index (χ1) is 9.21. The number of carboxylic acid groups (broad SMARTS) is 1. The van der Waals surface area contributed by atoms with E-state index in [1.54, 1.807) is 18.2 Å². The molecule has 1 aliphatic rings. The van der Waals surface area contributed by atoms with Gasteiger partial charge in [0, 0.05) is 34.6 Å². The van der Waals surface area contributed by atoms with E-state index >= 15 is 0 Å². The zero-order valence-electron chi connectivity index (χ0n) is 11.9. The number of hydrogen-bond donors (Lipinski definition) is 1. The second-order valence-corrected chi connectivity index (χ2v) is 7.08. The van der Waals surface area contributed by atoms with Gasteiger partial charge in [-0.3, -0.25) is 9.69 Å². The number of carboxylic acids is 1. The standard InChI is InChI=1S/C15H19Cl2NO2/c1-15(2,3)18-7-9(10(8-18)14(19)20)13-11(16)5-4-6-12(13)17/h4-6,9-10H,7-8H2,1-3H3,(H,19,20)/t9-,10-/m0/s1. The summed E-state index contributed by atoms with van der Waals surface area (Å²) in [6, 6.07) is 5.31. The quantitative estimate of drug-likeness (QED) is 0.900. The molecule has 0 amide bonds. The van der Waals surface area contributed by atoms with Gasteiger partial charge in [0.25, 0.3) is 0 Å². The summed E-state index contributed by atoms with van der Waals surface area (Å²) >= 11 is 12.5. The van der Waals surface area contributed by atoms with E-state index in [0.717, 1.165) is 5.56 Å². The minimum absolute atomic E-state index is 0.0732. The van der Waals surface area contributed by atoms with E-state index in [1.807, 2.05) is 0 Å². The Bertz CT molecular complexity index is 505. The van der Waals surface area contributed by atoms with Gasteiger partial charge in [-0.15, -0.1) is 0 Å². The Kier molecular flexibility index (Phi) is 4.33. The topological polar surface area (TPSA) is 40.5 Å². The third kappa shape index (κ3) is 2.95. The average Bonchev–Trinajstić information content (AvgIpc) is 2.73. The van der Waals surface area contributed by atoms with Crippen LogP contribution < -0.4 is 0 Å². The molecule has 5 heteroatoms. The molecule has 0 saturated carbocycles. The summed E-state index contributed by atoms with van der Waals surface area (Å²) < 4.78 is 0. The van der Waals surface area contributed by atoms with Gasteiger partial charge in [-0.25, -0.2) is 0 Å². The lowest BCUT2D eigenvalue weighted by molar-refractivity contribution is -0.141. The van der Waals surface area contributed by atoms with Crippen molar-refractivity contribution in [3.8, 4) is 0 Å². The lowest BCUT2D eigenvalue weighted by Crippen LogP contribution is -2.40. The largest absolute Gasteiger partial charge is 0.481 e. The molecule has 110 valence electrons. The summed E-state index contributed by atoms with van der Waals surface area (Å²) in [4.78, 5) is 13.7. The molecule has 0 aliphatic carbocycles. The van der Waals surface area contributed by atoms with Crippen LogP contribution in [0.3, 0.4) is 0 Å². The van der Waals surface area contributed by atoms with Crippen LogP contribution in [0.25, 0.3) is 0 Å². The van der Waals surface area contributed by atoms with E-state index in [9.17, 15) is 9.90 Å². The van der Waals surface area contributed by atoms with E-state index in [-0.39, 0.29) is 11.5 Å². The van der Waals surface area contributed by atoms with Gasteiger partial charge >= 0.3 is 5.97 Å². The van der Waals surface area contributed by atoms with Gasteiger partial charge < -0.3 is 5.11 Å². The van der Waals surface area contributed by atoms with Crippen LogP contribution in [-0.2, 0) is 4.79 Å². The highest BCUT2D eigenvalue weighted by atomic mass is 35.5. The number of benzene rings is 1. The van der Waals surface area contributed by atoms with Gasteiger partial charge in [0.1, 0.15) is 0 Å². The molecule has 20 heavy (non-hydrogen) atoms. The second-order valence-electron chi connectivity index (χ2n) is 6.26. The van der Waals surface area contributed by atoms with Crippen LogP contribution in [0.4, 0.5) is 0 Å². The lowest BCUT2D eigenvalue weighted by atomic mass is 9.89. The number of hydrogen-bond acceptors (Lipinski definition) is 2. The Morgan fingerprint density at radius 2 is 1.80 bits per heavy atom. The maximum absolute atomic E-state index is 11.6. The Morgan fingerprint density at radius 1 is 1.25 bits per heavy atom. The first-order valence-electron chi connectivity index (χ1n) is 6.63. The van der Waals surface area contributed by atoms with Crippen LogP contribution in [0.1, 0.15) is 32.3 Å². The predicted molar refractivity (Wildman–Crippen MR) is 81.7 cm³/mol. The third-order valence-electron chi connectivity index (χ3n) is 3.96. The Morgan fingerprint density at radius 3 is 2.25 bits per heavy atom. The van der Waals surface area contributed by atoms with E-state index in [1.165, 1.54) is 0 Å². The van der Waals surface area contributed by atoms with Gasteiger partial charge in [0.15, 0.2) is 0 Å². The number of aliphatic carboxylic acids is 1. The van der Waals surface area contributed by atoms with Crippen molar-refractivity contribution in [1.29, 1.82) is 0 Å². The molecule has 3 nitrogen and oxygen atoms in total. The highest BCUT2D eigenvalue weighted by Crippen LogP contribution is 2.42. The first-order valence-corrected chi connectivity index (χ1v) is 7.39. The number of halogens is 2. The molecular weight excluding hydrogens is 297 g/mol. The normalized spacial score (nSPS) is 24.1. The fourth-order valence-electron chi connectivity index (χ4n) is 2.76. The lowest BCUT2D eigenvalue weighted by Gasteiger charge is -2.31. The Hall–Kier alpha value is -0.770. The molecule has 1 aliphatic heterocycles. The summed E-state index contributed by atoms with van der Waals surface area (Å²) in [7, 11) is 0. The van der Waals surface area contributed by atoms with Crippen LogP contribution >= 0.6 is 23.2 Å². The van der Waals surface area contributed by atoms with Crippen molar-refractivity contribution in [2.24, 2.45) is 5.92 Å². The first kappa shape index (κ1) is 15.6. The van der Waals surface area contributed by atoms with Gasteiger partial charge in [0.2, 0.25) is 0 Å². The number of rotatable bonds is 2. The smallest absolute Gasteiger partial charge is 0.308 e. The molecule has 2 rings (SSSR count). The molecule has 0 spiro atoms. The van der Waals surface area contributed by atoms with Gasteiger partial charge in [-0.05, 0) is 38.5 Å². The molecule has 0 radical (unpaired) electrons. The minimum atomic E-state index is -0.794. The summed E-state index contributed by atoms with van der Waals surface area (Å²) in [6.07, 6.45) is 0. The Labute approximate surface area is 129 Å². The maximum atomic E-state index is 11.6. The van der Waals surface area contributed by atoms with Crippen molar-refractivity contribution >= 4 is 29.2 Å². The van der Waals surface area contributed by atoms with E-state index in [4.69, 9.17) is 23.2 Å². The monoisotopic (exact) mass is 315 g/mol. The van der Waals surface area contributed by atoms with Crippen molar-refractivity contribution in [3.63, 3.8) is 0 Å². The van der Waals surface area contributed by atoms with Gasteiger partial charge in [-0.2, -0.15) is 0 Å². The average molecular weight is 316 g/mol. The molecule has 1 aromatic carbocycles. The Balaban J connectivity index is 2.41. The van der Waals surface area contributed by atoms with Crippen molar-refractivity contribution in [2.75, 3.05) is 13.1 Å². The number of likely N-dealkylation sites (tertiary alicyclic amines) is 1. The molecule has 1 saturated heterocycles. The molecule has 1 aromatic rings. The van der Waals surface area contributed by atoms with E-state index in [2.05, 4.69) is 25.7 Å². The SMILES string of the molecule is CC(C)(C)N1C[C@H](C(=O)O)[C@@H](c2c(Cl)cccc2Cl)C1. The zero-order chi connectivity index (χ0) is 15.1. The number of carbonyl (C=O) groups is 1.